The maximum atomic E-state index is 12.7. The zero-order chi connectivity index (χ0) is 15.1. The number of methoxy groups -OCH3 is 1. The molecule has 0 saturated heterocycles. The Morgan fingerprint density at radius 2 is 2.10 bits per heavy atom. The van der Waals surface area contributed by atoms with E-state index in [4.69, 9.17) is 15.6 Å². The minimum Gasteiger partial charge on any atom is -0.497 e. The summed E-state index contributed by atoms with van der Waals surface area (Å²) in [5.74, 6) is 0.647. The molecule has 0 aliphatic carbocycles. The van der Waals surface area contributed by atoms with Gasteiger partial charge in [0, 0.05) is 12.6 Å². The summed E-state index contributed by atoms with van der Waals surface area (Å²) in [5.41, 5.74) is 6.76. The molecule has 0 aliphatic heterocycles. The highest BCUT2D eigenvalue weighted by atomic mass is 19.3. The van der Waals surface area contributed by atoms with Gasteiger partial charge in [0.15, 0.2) is 0 Å². The molecule has 0 amide bonds. The van der Waals surface area contributed by atoms with Crippen molar-refractivity contribution in [3.8, 4) is 5.75 Å². The van der Waals surface area contributed by atoms with Crippen molar-refractivity contribution in [1.82, 2.24) is 4.90 Å². The van der Waals surface area contributed by atoms with Gasteiger partial charge >= 0.3 is 0 Å². The molecule has 20 heavy (non-hydrogen) atoms. The van der Waals surface area contributed by atoms with Crippen molar-refractivity contribution >= 4 is 0 Å². The van der Waals surface area contributed by atoms with E-state index in [1.54, 1.807) is 32.2 Å². The number of aliphatic hydroxyl groups is 1. The topological polar surface area (TPSA) is 58.7 Å². The lowest BCUT2D eigenvalue weighted by molar-refractivity contribution is 0.0486. The predicted molar refractivity (Wildman–Crippen MR) is 74.0 cm³/mol. The molecule has 1 rings (SSSR count). The first-order valence-corrected chi connectivity index (χ1v) is 6.52. The van der Waals surface area contributed by atoms with Crippen molar-refractivity contribution in [2.24, 2.45) is 5.73 Å². The van der Waals surface area contributed by atoms with Gasteiger partial charge in [0.2, 0.25) is 0 Å². The first-order chi connectivity index (χ1) is 9.49. The average molecular weight is 288 g/mol. The fourth-order valence-electron chi connectivity index (χ4n) is 2.32. The Morgan fingerprint density at radius 1 is 1.40 bits per heavy atom. The van der Waals surface area contributed by atoms with Crippen molar-refractivity contribution in [3.63, 3.8) is 0 Å². The van der Waals surface area contributed by atoms with E-state index in [9.17, 15) is 8.78 Å². The van der Waals surface area contributed by atoms with Crippen molar-refractivity contribution < 1.29 is 18.6 Å². The van der Waals surface area contributed by atoms with Gasteiger partial charge in [-0.3, -0.25) is 4.90 Å². The van der Waals surface area contributed by atoms with Gasteiger partial charge in [-0.25, -0.2) is 8.78 Å². The second-order valence-electron chi connectivity index (χ2n) is 4.69. The SMILES string of the molecule is COc1cccc(C(C(C)N)N(CCO)CC(F)F)c1. The van der Waals surface area contributed by atoms with Crippen LogP contribution < -0.4 is 10.5 Å². The van der Waals surface area contributed by atoms with Crippen LogP contribution in [0.4, 0.5) is 8.78 Å². The van der Waals surface area contributed by atoms with Crippen LogP contribution >= 0.6 is 0 Å². The summed E-state index contributed by atoms with van der Waals surface area (Å²) < 4.78 is 30.6. The molecular weight excluding hydrogens is 266 g/mol. The molecular formula is C14H22F2N2O2. The summed E-state index contributed by atoms with van der Waals surface area (Å²) in [6, 6.07) is 6.43. The van der Waals surface area contributed by atoms with E-state index < -0.39 is 19.0 Å². The van der Waals surface area contributed by atoms with Gasteiger partial charge in [-0.15, -0.1) is 0 Å². The molecule has 4 nitrogen and oxygen atoms in total. The fraction of sp³-hybridized carbons (Fsp3) is 0.571. The monoisotopic (exact) mass is 288 g/mol. The summed E-state index contributed by atoms with van der Waals surface area (Å²) in [6.45, 7) is 1.29. The van der Waals surface area contributed by atoms with E-state index in [0.29, 0.717) is 5.75 Å². The van der Waals surface area contributed by atoms with Crippen molar-refractivity contribution in [2.45, 2.75) is 25.4 Å². The zero-order valence-electron chi connectivity index (χ0n) is 11.8. The molecule has 0 fully saturated rings. The molecule has 0 saturated carbocycles. The van der Waals surface area contributed by atoms with Gasteiger partial charge in [-0.05, 0) is 24.6 Å². The molecule has 2 atom stereocenters. The lowest BCUT2D eigenvalue weighted by Gasteiger charge is -2.34. The van der Waals surface area contributed by atoms with Crippen LogP contribution in [0.15, 0.2) is 24.3 Å². The molecule has 3 N–H and O–H groups in total. The normalized spacial score (nSPS) is 14.6. The molecule has 0 radical (unpaired) electrons. The Bertz CT molecular complexity index is 403. The zero-order valence-corrected chi connectivity index (χ0v) is 11.8. The third kappa shape index (κ3) is 4.70. The third-order valence-electron chi connectivity index (χ3n) is 3.09. The van der Waals surface area contributed by atoms with Crippen LogP contribution in [-0.2, 0) is 0 Å². The van der Waals surface area contributed by atoms with Crippen LogP contribution in [0.25, 0.3) is 0 Å². The molecule has 0 aromatic heterocycles. The second-order valence-corrected chi connectivity index (χ2v) is 4.69. The van der Waals surface area contributed by atoms with Crippen LogP contribution in [0.1, 0.15) is 18.5 Å². The quantitative estimate of drug-likeness (QED) is 0.763. The van der Waals surface area contributed by atoms with Crippen molar-refractivity contribution in [2.75, 3.05) is 26.8 Å². The summed E-state index contributed by atoms with van der Waals surface area (Å²) >= 11 is 0. The summed E-state index contributed by atoms with van der Waals surface area (Å²) in [6.07, 6.45) is -2.48. The molecule has 0 aliphatic rings. The van der Waals surface area contributed by atoms with Gasteiger partial charge in [0.05, 0.1) is 26.3 Å². The van der Waals surface area contributed by atoms with Gasteiger partial charge in [-0.1, -0.05) is 12.1 Å². The molecule has 0 heterocycles. The summed E-state index contributed by atoms with van der Waals surface area (Å²) in [7, 11) is 1.55. The van der Waals surface area contributed by atoms with E-state index in [0.717, 1.165) is 5.56 Å². The van der Waals surface area contributed by atoms with E-state index in [2.05, 4.69) is 0 Å². The van der Waals surface area contributed by atoms with Crippen molar-refractivity contribution in [3.05, 3.63) is 29.8 Å². The molecule has 0 bridgehead atoms. The highest BCUT2D eigenvalue weighted by molar-refractivity contribution is 5.31. The lowest BCUT2D eigenvalue weighted by atomic mass is 9.98. The average Bonchev–Trinajstić information content (AvgIpc) is 2.38. The Morgan fingerprint density at radius 3 is 2.60 bits per heavy atom. The minimum absolute atomic E-state index is 0.147. The van der Waals surface area contributed by atoms with Gasteiger partial charge in [0.1, 0.15) is 5.75 Å². The summed E-state index contributed by atoms with van der Waals surface area (Å²) in [4.78, 5) is 1.50. The Labute approximate surface area is 118 Å². The highest BCUT2D eigenvalue weighted by Crippen LogP contribution is 2.27. The largest absolute Gasteiger partial charge is 0.497 e. The highest BCUT2D eigenvalue weighted by Gasteiger charge is 2.26. The fourth-order valence-corrected chi connectivity index (χ4v) is 2.32. The number of rotatable bonds is 8. The maximum Gasteiger partial charge on any atom is 0.251 e. The van der Waals surface area contributed by atoms with E-state index in [1.807, 2.05) is 6.07 Å². The van der Waals surface area contributed by atoms with Crippen LogP contribution in [0.3, 0.4) is 0 Å². The molecule has 114 valence electrons. The van der Waals surface area contributed by atoms with Crippen LogP contribution in [0.2, 0.25) is 0 Å². The number of aliphatic hydroxyl groups excluding tert-OH is 1. The van der Waals surface area contributed by atoms with E-state index in [1.165, 1.54) is 4.90 Å². The number of ether oxygens (including phenoxy) is 1. The lowest BCUT2D eigenvalue weighted by Crippen LogP contribution is -2.43. The maximum absolute atomic E-state index is 12.7. The first-order valence-electron chi connectivity index (χ1n) is 6.52. The van der Waals surface area contributed by atoms with Gasteiger partial charge < -0.3 is 15.6 Å². The molecule has 2 unspecified atom stereocenters. The number of hydrogen-bond acceptors (Lipinski definition) is 4. The van der Waals surface area contributed by atoms with Gasteiger partial charge in [0.25, 0.3) is 6.43 Å². The Balaban J connectivity index is 3.05. The first kappa shape index (κ1) is 16.8. The minimum atomic E-state index is -2.48. The van der Waals surface area contributed by atoms with Crippen LogP contribution in [0, 0.1) is 0 Å². The second kappa shape index (κ2) is 8.14. The molecule has 0 spiro atoms. The number of nitrogens with two attached hydrogens (primary N) is 1. The van der Waals surface area contributed by atoms with E-state index in [-0.39, 0.29) is 19.2 Å². The van der Waals surface area contributed by atoms with Crippen LogP contribution in [-0.4, -0.2) is 49.3 Å². The number of halogens is 2. The number of benzene rings is 1. The Kier molecular flexibility index (Phi) is 6.84. The van der Waals surface area contributed by atoms with Crippen LogP contribution in [0.5, 0.6) is 5.75 Å². The predicted octanol–water partition coefficient (Wildman–Crippen LogP) is 1.64. The number of alkyl halides is 2. The number of nitrogens with zero attached hydrogens (tertiary/aromatic N) is 1. The standard InChI is InChI=1S/C14H22F2N2O2/c1-10(17)14(18(6-7-19)9-13(15)16)11-4-3-5-12(8-11)20-2/h3-5,8,10,13-14,19H,6-7,9,17H2,1-2H3. The third-order valence-corrected chi connectivity index (χ3v) is 3.09. The molecule has 6 heteroatoms. The smallest absolute Gasteiger partial charge is 0.251 e. The van der Waals surface area contributed by atoms with Crippen molar-refractivity contribution in [1.29, 1.82) is 0 Å². The summed E-state index contributed by atoms with van der Waals surface area (Å²) in [5, 5.41) is 9.08. The number of hydrogen-bond donors (Lipinski definition) is 2. The van der Waals surface area contributed by atoms with E-state index >= 15 is 0 Å². The molecule has 1 aromatic carbocycles. The Hall–Kier alpha value is -1.24. The molecule has 1 aromatic rings. The van der Waals surface area contributed by atoms with Gasteiger partial charge in [-0.2, -0.15) is 0 Å².